The van der Waals surface area contributed by atoms with Gasteiger partial charge in [0.05, 0.1) is 18.3 Å². The van der Waals surface area contributed by atoms with Crippen molar-refractivity contribution in [3.05, 3.63) is 77.0 Å². The average Bonchev–Trinajstić information content (AvgIpc) is 3.12. The second kappa shape index (κ2) is 7.51. The van der Waals surface area contributed by atoms with Crippen molar-refractivity contribution in [3.63, 3.8) is 0 Å². The molecule has 0 radical (unpaired) electrons. The third kappa shape index (κ3) is 3.61. The highest BCUT2D eigenvalue weighted by Gasteiger charge is 2.10. The van der Waals surface area contributed by atoms with Crippen molar-refractivity contribution < 1.29 is 4.74 Å². The Morgan fingerprint density at radius 1 is 1.12 bits per heavy atom. The van der Waals surface area contributed by atoms with Crippen molar-refractivity contribution in [2.24, 2.45) is 0 Å². The number of methoxy groups -OCH3 is 1. The Bertz CT molecular complexity index is 1050. The van der Waals surface area contributed by atoms with Gasteiger partial charge in [0, 0.05) is 28.2 Å². The van der Waals surface area contributed by atoms with Crippen LogP contribution in [0.4, 0.5) is 0 Å². The fourth-order valence-electron chi connectivity index (χ4n) is 2.68. The van der Waals surface area contributed by atoms with E-state index in [0.717, 1.165) is 37.8 Å². The standard InChI is InChI=1S/C20H16BrN3OS/c1-25-17-4-2-3-14(11-17)13-26-20-19-12-18(23-24(19)10-9-22-20)15-5-7-16(21)8-6-15/h2-12H,13H2,1H3. The van der Waals surface area contributed by atoms with E-state index >= 15 is 0 Å². The van der Waals surface area contributed by atoms with Crippen LogP contribution in [0.3, 0.4) is 0 Å². The van der Waals surface area contributed by atoms with Crippen LogP contribution in [0.5, 0.6) is 5.75 Å². The maximum atomic E-state index is 5.30. The van der Waals surface area contributed by atoms with E-state index in [9.17, 15) is 0 Å². The van der Waals surface area contributed by atoms with E-state index in [-0.39, 0.29) is 0 Å². The van der Waals surface area contributed by atoms with Gasteiger partial charge in [0.2, 0.25) is 0 Å². The predicted octanol–water partition coefficient (Wildman–Crippen LogP) is 5.46. The molecule has 0 N–H and O–H groups in total. The van der Waals surface area contributed by atoms with Gasteiger partial charge in [-0.25, -0.2) is 9.50 Å². The molecule has 0 aliphatic rings. The molecule has 130 valence electrons. The topological polar surface area (TPSA) is 39.4 Å². The minimum absolute atomic E-state index is 0.822. The summed E-state index contributed by atoms with van der Waals surface area (Å²) in [7, 11) is 1.68. The number of ether oxygens (including phenoxy) is 1. The number of rotatable bonds is 5. The van der Waals surface area contributed by atoms with E-state index in [1.165, 1.54) is 5.56 Å². The highest BCUT2D eigenvalue weighted by Crippen LogP contribution is 2.29. The third-order valence-electron chi connectivity index (χ3n) is 4.00. The molecular formula is C20H16BrN3OS. The highest BCUT2D eigenvalue weighted by atomic mass is 79.9. The van der Waals surface area contributed by atoms with Gasteiger partial charge in [-0.15, -0.1) is 0 Å². The van der Waals surface area contributed by atoms with E-state index in [1.54, 1.807) is 25.1 Å². The quantitative estimate of drug-likeness (QED) is 0.398. The SMILES string of the molecule is COc1cccc(CSc2nccn3nc(-c4ccc(Br)cc4)cc23)c1. The average molecular weight is 426 g/mol. The van der Waals surface area contributed by atoms with Crippen molar-refractivity contribution in [3.8, 4) is 17.0 Å². The van der Waals surface area contributed by atoms with Crippen molar-refractivity contribution in [1.82, 2.24) is 14.6 Å². The van der Waals surface area contributed by atoms with E-state index < -0.39 is 0 Å². The lowest BCUT2D eigenvalue weighted by Crippen LogP contribution is -1.92. The number of nitrogens with zero attached hydrogens (tertiary/aromatic N) is 3. The molecule has 0 aliphatic heterocycles. The van der Waals surface area contributed by atoms with Gasteiger partial charge in [-0.05, 0) is 35.9 Å². The molecular weight excluding hydrogens is 410 g/mol. The van der Waals surface area contributed by atoms with Crippen molar-refractivity contribution in [2.45, 2.75) is 10.8 Å². The van der Waals surface area contributed by atoms with Gasteiger partial charge in [0.15, 0.2) is 0 Å². The molecule has 6 heteroatoms. The third-order valence-corrected chi connectivity index (χ3v) is 5.60. The summed E-state index contributed by atoms with van der Waals surface area (Å²) in [6.07, 6.45) is 3.67. The molecule has 0 amide bonds. The van der Waals surface area contributed by atoms with Crippen LogP contribution in [-0.2, 0) is 5.75 Å². The van der Waals surface area contributed by atoms with Crippen molar-refractivity contribution in [2.75, 3.05) is 7.11 Å². The van der Waals surface area contributed by atoms with Gasteiger partial charge in [-0.1, -0.05) is 52.0 Å². The molecule has 0 atom stereocenters. The van der Waals surface area contributed by atoms with E-state index in [2.05, 4.69) is 56.3 Å². The summed E-state index contributed by atoms with van der Waals surface area (Å²) in [5, 5.41) is 5.65. The molecule has 0 saturated heterocycles. The molecule has 4 rings (SSSR count). The summed E-state index contributed by atoms with van der Waals surface area (Å²) in [6, 6.07) is 18.4. The van der Waals surface area contributed by atoms with Crippen LogP contribution in [0.1, 0.15) is 5.56 Å². The lowest BCUT2D eigenvalue weighted by atomic mass is 10.1. The Balaban J connectivity index is 1.62. The summed E-state index contributed by atoms with van der Waals surface area (Å²) in [4.78, 5) is 4.55. The van der Waals surface area contributed by atoms with E-state index in [0.29, 0.717) is 0 Å². The minimum atomic E-state index is 0.822. The summed E-state index contributed by atoms with van der Waals surface area (Å²) >= 11 is 5.17. The summed E-state index contributed by atoms with van der Waals surface area (Å²) in [5.74, 6) is 1.69. The monoisotopic (exact) mass is 425 g/mol. The Morgan fingerprint density at radius 2 is 1.96 bits per heavy atom. The highest BCUT2D eigenvalue weighted by molar-refractivity contribution is 9.10. The Hall–Kier alpha value is -2.31. The van der Waals surface area contributed by atoms with Gasteiger partial charge in [0.1, 0.15) is 10.8 Å². The van der Waals surface area contributed by atoms with E-state index in [4.69, 9.17) is 4.74 Å². The van der Waals surface area contributed by atoms with Gasteiger partial charge in [-0.3, -0.25) is 0 Å². The number of halogens is 1. The summed E-state index contributed by atoms with van der Waals surface area (Å²) < 4.78 is 8.24. The molecule has 4 aromatic rings. The van der Waals surface area contributed by atoms with Gasteiger partial charge in [0.25, 0.3) is 0 Å². The first-order valence-corrected chi connectivity index (χ1v) is 9.87. The number of benzene rings is 2. The number of fused-ring (bicyclic) bond motifs is 1. The van der Waals surface area contributed by atoms with Gasteiger partial charge in [-0.2, -0.15) is 5.10 Å². The van der Waals surface area contributed by atoms with Crippen LogP contribution in [0.2, 0.25) is 0 Å². The zero-order valence-electron chi connectivity index (χ0n) is 14.1. The maximum absolute atomic E-state index is 5.30. The zero-order valence-corrected chi connectivity index (χ0v) is 16.5. The Kier molecular flexibility index (Phi) is 4.95. The molecule has 26 heavy (non-hydrogen) atoms. The van der Waals surface area contributed by atoms with Crippen LogP contribution in [0, 0.1) is 0 Å². The molecule has 2 heterocycles. The molecule has 2 aromatic heterocycles. The van der Waals surface area contributed by atoms with Gasteiger partial charge < -0.3 is 4.74 Å². The summed E-state index contributed by atoms with van der Waals surface area (Å²) in [5.41, 5.74) is 4.23. The zero-order chi connectivity index (χ0) is 17.9. The molecule has 0 saturated carbocycles. The summed E-state index contributed by atoms with van der Waals surface area (Å²) in [6.45, 7) is 0. The first-order valence-electron chi connectivity index (χ1n) is 8.09. The fourth-order valence-corrected chi connectivity index (χ4v) is 3.87. The van der Waals surface area contributed by atoms with Crippen LogP contribution in [0.25, 0.3) is 16.8 Å². The normalized spacial score (nSPS) is 11.0. The van der Waals surface area contributed by atoms with E-state index in [1.807, 2.05) is 35.0 Å². The number of thioether (sulfide) groups is 1. The number of aromatic nitrogens is 3. The number of hydrogen-bond acceptors (Lipinski definition) is 4. The van der Waals surface area contributed by atoms with Crippen LogP contribution < -0.4 is 4.74 Å². The van der Waals surface area contributed by atoms with Crippen molar-refractivity contribution >= 4 is 33.2 Å². The first-order chi connectivity index (χ1) is 12.7. The van der Waals surface area contributed by atoms with Gasteiger partial charge >= 0.3 is 0 Å². The largest absolute Gasteiger partial charge is 0.497 e. The molecule has 0 unspecified atom stereocenters. The second-order valence-electron chi connectivity index (χ2n) is 5.74. The molecule has 4 nitrogen and oxygen atoms in total. The van der Waals surface area contributed by atoms with Crippen LogP contribution in [-0.4, -0.2) is 21.7 Å². The number of hydrogen-bond donors (Lipinski definition) is 0. The lowest BCUT2D eigenvalue weighted by Gasteiger charge is -2.05. The Labute approximate surface area is 164 Å². The lowest BCUT2D eigenvalue weighted by molar-refractivity contribution is 0.414. The van der Waals surface area contributed by atoms with Crippen LogP contribution >= 0.6 is 27.7 Å². The first kappa shape index (κ1) is 17.1. The molecule has 0 aliphatic carbocycles. The molecule has 0 fully saturated rings. The minimum Gasteiger partial charge on any atom is -0.497 e. The Morgan fingerprint density at radius 3 is 2.77 bits per heavy atom. The molecule has 2 aromatic carbocycles. The molecule has 0 bridgehead atoms. The second-order valence-corrected chi connectivity index (χ2v) is 7.62. The predicted molar refractivity (Wildman–Crippen MR) is 109 cm³/mol. The smallest absolute Gasteiger partial charge is 0.122 e. The molecule has 0 spiro atoms. The maximum Gasteiger partial charge on any atom is 0.122 e. The van der Waals surface area contributed by atoms with Crippen LogP contribution in [0.15, 0.2) is 76.5 Å². The fraction of sp³-hybridized carbons (Fsp3) is 0.100. The van der Waals surface area contributed by atoms with Crippen molar-refractivity contribution in [1.29, 1.82) is 0 Å².